The molecular weight excluding hydrogens is 210 g/mol. The molecule has 0 amide bonds. The van der Waals surface area contributed by atoms with Gasteiger partial charge in [-0.1, -0.05) is 13.3 Å². The Kier molecular flexibility index (Phi) is 7.82. The molecule has 0 bridgehead atoms. The summed E-state index contributed by atoms with van der Waals surface area (Å²) in [5.41, 5.74) is 0. The fraction of sp³-hybridized carbons (Fsp3) is 1.00. The molecular formula is C14H31N3. The van der Waals surface area contributed by atoms with Crippen LogP contribution < -0.4 is 5.32 Å². The van der Waals surface area contributed by atoms with Crippen LogP contribution in [0.15, 0.2) is 0 Å². The summed E-state index contributed by atoms with van der Waals surface area (Å²) in [6, 6.07) is 0.833. The van der Waals surface area contributed by atoms with Crippen LogP contribution in [0, 0.1) is 0 Å². The average Bonchev–Trinajstić information content (AvgIpc) is 2.34. The number of rotatable bonds is 8. The summed E-state index contributed by atoms with van der Waals surface area (Å²) in [6.07, 6.45) is 6.75. The zero-order chi connectivity index (χ0) is 12.5. The average molecular weight is 241 g/mol. The third-order valence-electron chi connectivity index (χ3n) is 3.93. The molecule has 102 valence electrons. The summed E-state index contributed by atoms with van der Waals surface area (Å²) >= 11 is 0. The molecule has 0 saturated carbocycles. The van der Waals surface area contributed by atoms with Gasteiger partial charge < -0.3 is 15.1 Å². The number of hydrogen-bond donors (Lipinski definition) is 1. The first-order valence-electron chi connectivity index (χ1n) is 7.33. The Bertz CT molecular complexity index is 176. The highest BCUT2D eigenvalue weighted by atomic mass is 15.2. The molecule has 1 fully saturated rings. The van der Waals surface area contributed by atoms with E-state index in [0.717, 1.165) is 12.6 Å². The van der Waals surface area contributed by atoms with Crippen molar-refractivity contribution in [2.75, 3.05) is 46.8 Å². The maximum Gasteiger partial charge on any atom is 0.0117 e. The van der Waals surface area contributed by atoms with E-state index in [1.807, 2.05) is 0 Å². The molecule has 0 spiro atoms. The molecule has 1 aliphatic heterocycles. The van der Waals surface area contributed by atoms with Gasteiger partial charge in [0.1, 0.15) is 0 Å². The molecule has 0 radical (unpaired) electrons. The molecule has 1 heterocycles. The maximum absolute atomic E-state index is 3.39. The van der Waals surface area contributed by atoms with Gasteiger partial charge in [-0.3, -0.25) is 0 Å². The minimum atomic E-state index is 0.833. The number of likely N-dealkylation sites (tertiary alicyclic amines) is 1. The van der Waals surface area contributed by atoms with Gasteiger partial charge in [0.05, 0.1) is 0 Å². The second-order valence-corrected chi connectivity index (χ2v) is 5.43. The van der Waals surface area contributed by atoms with E-state index < -0.39 is 0 Å². The molecule has 3 nitrogen and oxygen atoms in total. The van der Waals surface area contributed by atoms with Crippen molar-refractivity contribution in [3.8, 4) is 0 Å². The lowest BCUT2D eigenvalue weighted by atomic mass is 10.0. The van der Waals surface area contributed by atoms with E-state index in [2.05, 4.69) is 36.1 Å². The summed E-state index contributed by atoms with van der Waals surface area (Å²) < 4.78 is 0. The van der Waals surface area contributed by atoms with Gasteiger partial charge in [-0.15, -0.1) is 0 Å². The summed E-state index contributed by atoms with van der Waals surface area (Å²) in [7, 11) is 4.54. The first kappa shape index (κ1) is 14.9. The van der Waals surface area contributed by atoms with Crippen molar-refractivity contribution in [2.45, 2.75) is 45.1 Å². The van der Waals surface area contributed by atoms with Gasteiger partial charge in [-0.05, 0) is 72.5 Å². The van der Waals surface area contributed by atoms with E-state index in [1.54, 1.807) is 0 Å². The van der Waals surface area contributed by atoms with E-state index in [-0.39, 0.29) is 0 Å². The molecule has 1 N–H and O–H groups in total. The monoisotopic (exact) mass is 241 g/mol. The summed E-state index contributed by atoms with van der Waals surface area (Å²) in [5.74, 6) is 0. The second-order valence-electron chi connectivity index (χ2n) is 5.43. The van der Waals surface area contributed by atoms with Crippen LogP contribution in [0.1, 0.15) is 39.0 Å². The highest BCUT2D eigenvalue weighted by Gasteiger charge is 2.19. The molecule has 0 unspecified atom stereocenters. The van der Waals surface area contributed by atoms with Crippen LogP contribution in [0.25, 0.3) is 0 Å². The minimum absolute atomic E-state index is 0.833. The SMILES string of the molecule is CCNCCCCCN(C)C1CCN(C)CC1. The van der Waals surface area contributed by atoms with Gasteiger partial charge in [-0.25, -0.2) is 0 Å². The van der Waals surface area contributed by atoms with Gasteiger partial charge in [-0.2, -0.15) is 0 Å². The zero-order valence-corrected chi connectivity index (χ0v) is 12.0. The van der Waals surface area contributed by atoms with Crippen LogP contribution in [-0.4, -0.2) is 62.7 Å². The molecule has 1 aliphatic rings. The quantitative estimate of drug-likeness (QED) is 0.654. The Morgan fingerprint density at radius 3 is 2.53 bits per heavy atom. The Labute approximate surface area is 108 Å². The molecule has 0 aromatic rings. The summed E-state index contributed by atoms with van der Waals surface area (Å²) in [6.45, 7) is 8.29. The van der Waals surface area contributed by atoms with E-state index in [9.17, 15) is 0 Å². The Morgan fingerprint density at radius 2 is 1.88 bits per heavy atom. The van der Waals surface area contributed by atoms with Crippen molar-refractivity contribution in [1.82, 2.24) is 15.1 Å². The van der Waals surface area contributed by atoms with Gasteiger partial charge in [0.15, 0.2) is 0 Å². The molecule has 0 aromatic carbocycles. The van der Waals surface area contributed by atoms with Crippen LogP contribution in [0.3, 0.4) is 0 Å². The minimum Gasteiger partial charge on any atom is -0.317 e. The number of unbranched alkanes of at least 4 members (excludes halogenated alkanes) is 2. The molecule has 0 aliphatic carbocycles. The van der Waals surface area contributed by atoms with Gasteiger partial charge in [0, 0.05) is 6.04 Å². The second kappa shape index (κ2) is 8.90. The van der Waals surface area contributed by atoms with Crippen molar-refractivity contribution in [1.29, 1.82) is 0 Å². The highest BCUT2D eigenvalue weighted by molar-refractivity contribution is 4.76. The molecule has 1 saturated heterocycles. The van der Waals surface area contributed by atoms with E-state index >= 15 is 0 Å². The molecule has 17 heavy (non-hydrogen) atoms. The Balaban J connectivity index is 1.99. The standard InChI is InChI=1S/C14H31N3/c1-4-15-10-6-5-7-11-17(3)14-8-12-16(2)13-9-14/h14-15H,4-13H2,1-3H3. The topological polar surface area (TPSA) is 18.5 Å². The number of hydrogen-bond acceptors (Lipinski definition) is 3. The summed E-state index contributed by atoms with van der Waals surface area (Å²) in [4.78, 5) is 5.03. The first-order valence-corrected chi connectivity index (χ1v) is 7.33. The zero-order valence-electron chi connectivity index (χ0n) is 12.0. The van der Waals surface area contributed by atoms with Crippen LogP contribution in [-0.2, 0) is 0 Å². The van der Waals surface area contributed by atoms with Gasteiger partial charge >= 0.3 is 0 Å². The van der Waals surface area contributed by atoms with E-state index in [4.69, 9.17) is 0 Å². The fourth-order valence-corrected chi connectivity index (χ4v) is 2.58. The molecule has 0 atom stereocenters. The van der Waals surface area contributed by atoms with E-state index in [1.165, 1.54) is 58.3 Å². The van der Waals surface area contributed by atoms with Crippen molar-refractivity contribution in [2.24, 2.45) is 0 Å². The first-order chi connectivity index (χ1) is 8.24. The number of nitrogens with zero attached hydrogens (tertiary/aromatic N) is 2. The number of piperidine rings is 1. The van der Waals surface area contributed by atoms with Gasteiger partial charge in [0.25, 0.3) is 0 Å². The Morgan fingerprint density at radius 1 is 1.18 bits per heavy atom. The third kappa shape index (κ3) is 6.39. The number of nitrogens with one attached hydrogen (secondary N) is 1. The molecule has 1 rings (SSSR count). The lowest BCUT2D eigenvalue weighted by Gasteiger charge is -2.35. The van der Waals surface area contributed by atoms with Crippen molar-refractivity contribution in [3.63, 3.8) is 0 Å². The lowest BCUT2D eigenvalue weighted by Crippen LogP contribution is -2.42. The van der Waals surface area contributed by atoms with Crippen LogP contribution in [0.4, 0.5) is 0 Å². The van der Waals surface area contributed by atoms with Gasteiger partial charge in [0.2, 0.25) is 0 Å². The largest absolute Gasteiger partial charge is 0.317 e. The van der Waals surface area contributed by atoms with Crippen LogP contribution >= 0.6 is 0 Å². The lowest BCUT2D eigenvalue weighted by molar-refractivity contribution is 0.142. The predicted molar refractivity (Wildman–Crippen MR) is 75.5 cm³/mol. The fourth-order valence-electron chi connectivity index (χ4n) is 2.58. The third-order valence-corrected chi connectivity index (χ3v) is 3.93. The normalized spacial score (nSPS) is 19.1. The smallest absolute Gasteiger partial charge is 0.0117 e. The van der Waals surface area contributed by atoms with E-state index in [0.29, 0.717) is 0 Å². The van der Waals surface area contributed by atoms with Crippen molar-refractivity contribution >= 4 is 0 Å². The molecule has 0 aromatic heterocycles. The highest BCUT2D eigenvalue weighted by Crippen LogP contribution is 2.14. The van der Waals surface area contributed by atoms with Crippen molar-refractivity contribution < 1.29 is 0 Å². The summed E-state index contributed by atoms with van der Waals surface area (Å²) in [5, 5.41) is 3.39. The van der Waals surface area contributed by atoms with Crippen molar-refractivity contribution in [3.05, 3.63) is 0 Å². The molecule has 3 heteroatoms. The van der Waals surface area contributed by atoms with Crippen LogP contribution in [0.5, 0.6) is 0 Å². The Hall–Kier alpha value is -0.120. The maximum atomic E-state index is 3.39. The van der Waals surface area contributed by atoms with Crippen LogP contribution in [0.2, 0.25) is 0 Å². The predicted octanol–water partition coefficient (Wildman–Crippen LogP) is 1.79.